The van der Waals surface area contributed by atoms with Crippen LogP contribution in [0.4, 0.5) is 0 Å². The van der Waals surface area contributed by atoms with Crippen molar-refractivity contribution in [2.75, 3.05) is 5.75 Å². The van der Waals surface area contributed by atoms with Crippen LogP contribution in [-0.4, -0.2) is 22.5 Å². The first kappa shape index (κ1) is 10.2. The molecule has 0 atom stereocenters. The molecule has 0 saturated carbocycles. The van der Waals surface area contributed by atoms with Crippen molar-refractivity contribution in [1.29, 1.82) is 0 Å². The normalized spacial score (nSPS) is 17.9. The van der Waals surface area contributed by atoms with Gasteiger partial charge in [0.05, 0.1) is 0 Å². The number of carbonyl (C=O) groups excluding carboxylic acids is 1. The van der Waals surface area contributed by atoms with E-state index in [4.69, 9.17) is 5.21 Å². The Hall–Kier alpha value is -1.29. The number of hydrogen-bond donors (Lipinski definition) is 1. The maximum absolute atomic E-state index is 11.8. The van der Waals surface area contributed by atoms with Crippen LogP contribution >= 0.6 is 11.8 Å². The first-order valence-electron chi connectivity index (χ1n) is 4.77. The third-order valence-corrected chi connectivity index (χ3v) is 3.53. The van der Waals surface area contributed by atoms with Crippen molar-refractivity contribution < 1.29 is 10.0 Å². The highest BCUT2D eigenvalue weighted by molar-refractivity contribution is 8.00. The Kier molecular flexibility index (Phi) is 2.77. The summed E-state index contributed by atoms with van der Waals surface area (Å²) < 4.78 is 0. The topological polar surface area (TPSA) is 49.7 Å². The zero-order valence-electron chi connectivity index (χ0n) is 8.36. The zero-order chi connectivity index (χ0) is 10.8. The van der Waals surface area contributed by atoms with Gasteiger partial charge in [-0.2, -0.15) is 0 Å². The van der Waals surface area contributed by atoms with E-state index in [2.05, 4.69) is 5.16 Å². The molecule has 0 amide bonds. The van der Waals surface area contributed by atoms with E-state index in [1.165, 1.54) is 11.8 Å². The van der Waals surface area contributed by atoms with Crippen LogP contribution < -0.4 is 0 Å². The average molecular weight is 221 g/mol. The minimum absolute atomic E-state index is 0.151. The van der Waals surface area contributed by atoms with Gasteiger partial charge in [0.2, 0.25) is 5.78 Å². The molecule has 1 aliphatic heterocycles. The van der Waals surface area contributed by atoms with E-state index < -0.39 is 0 Å². The van der Waals surface area contributed by atoms with Gasteiger partial charge in [0, 0.05) is 16.2 Å². The lowest BCUT2D eigenvalue weighted by Gasteiger charge is -2.15. The van der Waals surface area contributed by atoms with Crippen molar-refractivity contribution in [3.8, 4) is 0 Å². The van der Waals surface area contributed by atoms with Crippen LogP contribution in [0.25, 0.3) is 0 Å². The summed E-state index contributed by atoms with van der Waals surface area (Å²) in [5.41, 5.74) is 2.03. The predicted octanol–water partition coefficient (Wildman–Crippen LogP) is 2.37. The van der Waals surface area contributed by atoms with Crippen LogP contribution in [0.2, 0.25) is 0 Å². The Balaban J connectivity index is 2.49. The van der Waals surface area contributed by atoms with Gasteiger partial charge >= 0.3 is 0 Å². The molecule has 0 aliphatic carbocycles. The molecule has 1 heterocycles. The molecule has 0 fully saturated rings. The van der Waals surface area contributed by atoms with Gasteiger partial charge < -0.3 is 5.21 Å². The van der Waals surface area contributed by atoms with Gasteiger partial charge in [-0.3, -0.25) is 4.79 Å². The van der Waals surface area contributed by atoms with Gasteiger partial charge in [0.25, 0.3) is 0 Å². The molecular formula is C11H11NO2S. The summed E-state index contributed by atoms with van der Waals surface area (Å²) in [6, 6.07) is 5.88. The van der Waals surface area contributed by atoms with Gasteiger partial charge in [-0.05, 0) is 24.1 Å². The highest BCUT2D eigenvalue weighted by Gasteiger charge is 2.24. The highest BCUT2D eigenvalue weighted by atomic mass is 32.2. The standard InChI is InChI=1S/C11H11NO2S/c1-2-7-3-4-10-8(5-7)11(13)9(12-14)6-15-10/h3-5,14H,2,6H2,1H3/b12-9+. The second-order valence-corrected chi connectivity index (χ2v) is 4.37. The molecule has 2 rings (SSSR count). The average Bonchev–Trinajstić information content (AvgIpc) is 2.29. The van der Waals surface area contributed by atoms with Crippen LogP contribution in [0, 0.1) is 0 Å². The number of ketones is 1. The number of benzene rings is 1. The number of Topliss-reactive ketones (excluding diaryl/α,β-unsaturated/α-hetero) is 1. The quantitative estimate of drug-likeness (QED) is 0.585. The number of nitrogens with zero attached hydrogens (tertiary/aromatic N) is 1. The summed E-state index contributed by atoms with van der Waals surface area (Å²) in [6.45, 7) is 2.04. The Morgan fingerprint density at radius 2 is 2.33 bits per heavy atom. The predicted molar refractivity (Wildman–Crippen MR) is 60.1 cm³/mol. The number of carbonyl (C=O) groups is 1. The first-order chi connectivity index (χ1) is 7.26. The summed E-state index contributed by atoms with van der Waals surface area (Å²) >= 11 is 1.53. The molecule has 0 saturated heterocycles. The third-order valence-electron chi connectivity index (χ3n) is 2.44. The van der Waals surface area contributed by atoms with E-state index >= 15 is 0 Å². The van der Waals surface area contributed by atoms with Gasteiger partial charge in [-0.1, -0.05) is 18.1 Å². The van der Waals surface area contributed by atoms with Crippen LogP contribution in [-0.2, 0) is 6.42 Å². The molecule has 1 aromatic carbocycles. The molecule has 1 aliphatic rings. The number of thioether (sulfide) groups is 1. The molecule has 0 radical (unpaired) electrons. The molecule has 1 aromatic rings. The van der Waals surface area contributed by atoms with Crippen LogP contribution in [0.3, 0.4) is 0 Å². The van der Waals surface area contributed by atoms with Crippen molar-refractivity contribution in [1.82, 2.24) is 0 Å². The minimum atomic E-state index is -0.151. The van der Waals surface area contributed by atoms with Crippen molar-refractivity contribution in [2.45, 2.75) is 18.2 Å². The van der Waals surface area contributed by atoms with Gasteiger partial charge in [-0.25, -0.2) is 0 Å². The summed E-state index contributed by atoms with van der Waals surface area (Å²) in [4.78, 5) is 12.8. The third kappa shape index (κ3) is 1.77. The van der Waals surface area contributed by atoms with Crippen LogP contribution in [0.5, 0.6) is 0 Å². The fraction of sp³-hybridized carbons (Fsp3) is 0.273. The SMILES string of the molecule is CCc1ccc2c(c1)C(=O)/C(=N/O)CS2. The molecule has 0 spiro atoms. The van der Waals surface area contributed by atoms with E-state index in [0.717, 1.165) is 16.9 Å². The zero-order valence-corrected chi connectivity index (χ0v) is 9.17. The van der Waals surface area contributed by atoms with Crippen molar-refractivity contribution in [2.24, 2.45) is 5.16 Å². The van der Waals surface area contributed by atoms with Crippen LogP contribution in [0.1, 0.15) is 22.8 Å². The fourth-order valence-electron chi connectivity index (χ4n) is 1.54. The Labute approximate surface area is 92.2 Å². The molecule has 0 aromatic heterocycles. The van der Waals surface area contributed by atoms with Gasteiger partial charge in [0.1, 0.15) is 5.71 Å². The van der Waals surface area contributed by atoms with Crippen LogP contribution in [0.15, 0.2) is 28.3 Å². The molecule has 78 valence electrons. The smallest absolute Gasteiger partial charge is 0.212 e. The number of rotatable bonds is 1. The minimum Gasteiger partial charge on any atom is -0.411 e. The maximum Gasteiger partial charge on any atom is 0.212 e. The molecule has 15 heavy (non-hydrogen) atoms. The second kappa shape index (κ2) is 4.06. The Bertz CT molecular complexity index is 440. The molecule has 0 unspecified atom stereocenters. The highest BCUT2D eigenvalue weighted by Crippen LogP contribution is 2.29. The van der Waals surface area contributed by atoms with Gasteiger partial charge in [0.15, 0.2) is 0 Å². The largest absolute Gasteiger partial charge is 0.411 e. The van der Waals surface area contributed by atoms with E-state index in [1.807, 2.05) is 25.1 Å². The number of aryl methyl sites for hydroxylation is 1. The summed E-state index contributed by atoms with van der Waals surface area (Å²) in [5, 5.41) is 11.7. The molecule has 3 nitrogen and oxygen atoms in total. The summed E-state index contributed by atoms with van der Waals surface area (Å²) in [7, 11) is 0. The number of fused-ring (bicyclic) bond motifs is 1. The molecular weight excluding hydrogens is 210 g/mol. The van der Waals surface area contributed by atoms with Crippen molar-refractivity contribution >= 4 is 23.3 Å². The first-order valence-corrected chi connectivity index (χ1v) is 5.76. The monoisotopic (exact) mass is 221 g/mol. The maximum atomic E-state index is 11.8. The summed E-state index contributed by atoms with van der Waals surface area (Å²) in [5.74, 6) is 0.301. The number of hydrogen-bond acceptors (Lipinski definition) is 4. The molecule has 4 heteroatoms. The van der Waals surface area contributed by atoms with Gasteiger partial charge in [-0.15, -0.1) is 11.8 Å². The lowest BCUT2D eigenvalue weighted by Crippen LogP contribution is -2.22. The fourth-order valence-corrected chi connectivity index (χ4v) is 2.49. The van der Waals surface area contributed by atoms with Crippen molar-refractivity contribution in [3.63, 3.8) is 0 Å². The molecule has 1 N–H and O–H groups in total. The van der Waals surface area contributed by atoms with E-state index in [0.29, 0.717) is 11.3 Å². The Morgan fingerprint density at radius 3 is 3.00 bits per heavy atom. The van der Waals surface area contributed by atoms with E-state index in [9.17, 15) is 4.79 Å². The van der Waals surface area contributed by atoms with E-state index in [1.54, 1.807) is 0 Å². The lowest BCUT2D eigenvalue weighted by molar-refractivity contribution is 0.105. The second-order valence-electron chi connectivity index (χ2n) is 3.35. The molecule has 0 bridgehead atoms. The summed E-state index contributed by atoms with van der Waals surface area (Å²) in [6.07, 6.45) is 0.900. The lowest BCUT2D eigenvalue weighted by atomic mass is 10.0. The van der Waals surface area contributed by atoms with Crippen molar-refractivity contribution in [3.05, 3.63) is 29.3 Å². The Morgan fingerprint density at radius 1 is 1.53 bits per heavy atom. The number of oxime groups is 1. The van der Waals surface area contributed by atoms with E-state index in [-0.39, 0.29) is 11.5 Å².